The van der Waals surface area contributed by atoms with Crippen molar-refractivity contribution in [2.24, 2.45) is 0 Å². The summed E-state index contributed by atoms with van der Waals surface area (Å²) in [6.45, 7) is 5.65. The van der Waals surface area contributed by atoms with Crippen LogP contribution in [-0.2, 0) is 9.53 Å². The first-order valence-electron chi connectivity index (χ1n) is 10.2. The minimum Gasteiger partial charge on any atom is -0.474 e. The van der Waals surface area contributed by atoms with Gasteiger partial charge in [0.15, 0.2) is 0 Å². The highest BCUT2D eigenvalue weighted by molar-refractivity contribution is 5.92. The number of ether oxygens (including phenoxy) is 2. The van der Waals surface area contributed by atoms with E-state index in [2.05, 4.69) is 20.1 Å². The quantitative estimate of drug-likeness (QED) is 0.818. The minimum atomic E-state index is -0.0178. The molecule has 0 aromatic carbocycles. The van der Waals surface area contributed by atoms with Crippen molar-refractivity contribution >= 4 is 11.6 Å². The number of morpholine rings is 1. The van der Waals surface area contributed by atoms with Gasteiger partial charge in [-0.1, -0.05) is 6.42 Å². The summed E-state index contributed by atoms with van der Waals surface area (Å²) in [7, 11) is 0. The summed E-state index contributed by atoms with van der Waals surface area (Å²) in [4.78, 5) is 21.2. The van der Waals surface area contributed by atoms with Crippen LogP contribution in [0.4, 0.5) is 5.69 Å². The van der Waals surface area contributed by atoms with Crippen molar-refractivity contribution in [1.29, 1.82) is 0 Å². The number of aromatic nitrogens is 1. The molecule has 0 spiro atoms. The SMILES string of the molecule is O=C(CN1CCOCC1)Nc1ccc(OC2CCN(C3CCC3)CC2)nc1. The fourth-order valence-electron chi connectivity index (χ4n) is 3.97. The Morgan fingerprint density at radius 2 is 1.93 bits per heavy atom. The van der Waals surface area contributed by atoms with Gasteiger partial charge in [0.25, 0.3) is 0 Å². The number of carbonyl (C=O) groups excluding carboxylic acids is 1. The lowest BCUT2D eigenvalue weighted by Gasteiger charge is -2.41. The summed E-state index contributed by atoms with van der Waals surface area (Å²) >= 11 is 0. The van der Waals surface area contributed by atoms with Crippen LogP contribution in [0, 0.1) is 0 Å². The van der Waals surface area contributed by atoms with Crippen LogP contribution in [-0.4, -0.2) is 78.8 Å². The molecule has 0 unspecified atom stereocenters. The molecule has 1 aromatic rings. The summed E-state index contributed by atoms with van der Waals surface area (Å²) < 4.78 is 11.3. The van der Waals surface area contributed by atoms with Crippen LogP contribution < -0.4 is 10.1 Å². The second-order valence-electron chi connectivity index (χ2n) is 7.76. The van der Waals surface area contributed by atoms with E-state index in [0.29, 0.717) is 31.3 Å². The average molecular weight is 374 g/mol. The summed E-state index contributed by atoms with van der Waals surface area (Å²) in [5.41, 5.74) is 0.709. The van der Waals surface area contributed by atoms with E-state index in [1.807, 2.05) is 12.1 Å². The van der Waals surface area contributed by atoms with Gasteiger partial charge in [-0.25, -0.2) is 4.98 Å². The highest BCUT2D eigenvalue weighted by atomic mass is 16.5. The van der Waals surface area contributed by atoms with Gasteiger partial charge >= 0.3 is 0 Å². The number of piperidine rings is 1. The van der Waals surface area contributed by atoms with E-state index < -0.39 is 0 Å². The highest BCUT2D eigenvalue weighted by Gasteiger charge is 2.29. The lowest BCUT2D eigenvalue weighted by molar-refractivity contribution is -0.118. The molecule has 1 aromatic heterocycles. The molecule has 1 N–H and O–H groups in total. The first-order valence-corrected chi connectivity index (χ1v) is 10.2. The highest BCUT2D eigenvalue weighted by Crippen LogP contribution is 2.28. The van der Waals surface area contributed by atoms with E-state index in [0.717, 1.165) is 45.1 Å². The molecule has 148 valence electrons. The van der Waals surface area contributed by atoms with Crippen molar-refractivity contribution in [3.8, 4) is 5.88 Å². The predicted molar refractivity (Wildman–Crippen MR) is 103 cm³/mol. The van der Waals surface area contributed by atoms with E-state index in [-0.39, 0.29) is 12.0 Å². The Morgan fingerprint density at radius 3 is 2.56 bits per heavy atom. The maximum atomic E-state index is 12.1. The zero-order chi connectivity index (χ0) is 18.5. The number of anilines is 1. The Bertz CT molecular complexity index is 606. The Morgan fingerprint density at radius 1 is 1.15 bits per heavy atom. The lowest BCUT2D eigenvalue weighted by atomic mass is 9.90. The zero-order valence-corrected chi connectivity index (χ0v) is 15.9. The van der Waals surface area contributed by atoms with Crippen LogP contribution >= 0.6 is 0 Å². The zero-order valence-electron chi connectivity index (χ0n) is 15.9. The predicted octanol–water partition coefficient (Wildman–Crippen LogP) is 1.75. The van der Waals surface area contributed by atoms with Crippen molar-refractivity contribution in [3.63, 3.8) is 0 Å². The molecule has 4 rings (SSSR count). The Labute approximate surface area is 161 Å². The van der Waals surface area contributed by atoms with Gasteiger partial charge in [-0.05, 0) is 31.7 Å². The summed E-state index contributed by atoms with van der Waals surface area (Å²) in [5, 5.41) is 2.91. The third-order valence-electron chi connectivity index (χ3n) is 5.85. The van der Waals surface area contributed by atoms with Crippen molar-refractivity contribution < 1.29 is 14.3 Å². The van der Waals surface area contributed by atoms with Crippen molar-refractivity contribution in [2.45, 2.75) is 44.2 Å². The number of hydrogen-bond acceptors (Lipinski definition) is 6. The van der Waals surface area contributed by atoms with Gasteiger partial charge < -0.3 is 19.7 Å². The van der Waals surface area contributed by atoms with E-state index in [4.69, 9.17) is 9.47 Å². The fourth-order valence-corrected chi connectivity index (χ4v) is 3.97. The molecule has 7 nitrogen and oxygen atoms in total. The summed E-state index contributed by atoms with van der Waals surface area (Å²) in [6, 6.07) is 4.54. The Hall–Kier alpha value is -1.70. The van der Waals surface area contributed by atoms with Gasteiger partial charge in [0.2, 0.25) is 11.8 Å². The molecule has 0 bridgehead atoms. The molecular formula is C20H30N4O3. The van der Waals surface area contributed by atoms with Crippen LogP contribution in [0.1, 0.15) is 32.1 Å². The van der Waals surface area contributed by atoms with Crippen LogP contribution in [0.5, 0.6) is 5.88 Å². The van der Waals surface area contributed by atoms with Gasteiger partial charge in [-0.3, -0.25) is 9.69 Å². The number of nitrogens with one attached hydrogen (secondary N) is 1. The number of likely N-dealkylation sites (tertiary alicyclic amines) is 1. The molecule has 1 aliphatic carbocycles. The molecule has 27 heavy (non-hydrogen) atoms. The van der Waals surface area contributed by atoms with E-state index >= 15 is 0 Å². The molecule has 7 heteroatoms. The molecule has 2 aliphatic heterocycles. The molecule has 3 heterocycles. The molecule has 1 saturated carbocycles. The molecule has 3 fully saturated rings. The minimum absolute atomic E-state index is 0.0178. The standard InChI is InChI=1S/C20H30N4O3/c25-19(15-23-10-12-26-13-11-23)22-16-4-5-20(21-14-16)27-18-6-8-24(9-7-18)17-2-1-3-17/h4-5,14,17-18H,1-3,6-13,15H2,(H,22,25). The number of carbonyl (C=O) groups is 1. The van der Waals surface area contributed by atoms with Crippen LogP contribution in [0.2, 0.25) is 0 Å². The Kier molecular flexibility index (Phi) is 6.21. The number of amides is 1. The second kappa shape index (κ2) is 8.99. The van der Waals surface area contributed by atoms with Gasteiger partial charge in [0.05, 0.1) is 31.6 Å². The number of rotatable bonds is 6. The lowest BCUT2D eigenvalue weighted by Crippen LogP contribution is -2.46. The largest absolute Gasteiger partial charge is 0.474 e. The maximum absolute atomic E-state index is 12.1. The van der Waals surface area contributed by atoms with Gasteiger partial charge in [0.1, 0.15) is 6.10 Å². The van der Waals surface area contributed by atoms with E-state index in [9.17, 15) is 4.79 Å². The van der Waals surface area contributed by atoms with Crippen LogP contribution in [0.3, 0.4) is 0 Å². The molecule has 3 aliphatic rings. The molecule has 0 radical (unpaired) electrons. The van der Waals surface area contributed by atoms with E-state index in [1.54, 1.807) is 6.20 Å². The van der Waals surface area contributed by atoms with Crippen LogP contribution in [0.25, 0.3) is 0 Å². The monoisotopic (exact) mass is 374 g/mol. The normalized spacial score (nSPS) is 23.0. The molecule has 1 amide bonds. The number of hydrogen-bond donors (Lipinski definition) is 1. The number of pyridine rings is 1. The topological polar surface area (TPSA) is 66.9 Å². The Balaban J connectivity index is 1.20. The van der Waals surface area contributed by atoms with E-state index in [1.165, 1.54) is 19.3 Å². The third kappa shape index (κ3) is 5.18. The van der Waals surface area contributed by atoms with Gasteiger partial charge in [0, 0.05) is 38.3 Å². The third-order valence-corrected chi connectivity index (χ3v) is 5.85. The smallest absolute Gasteiger partial charge is 0.238 e. The molecule has 0 atom stereocenters. The van der Waals surface area contributed by atoms with Crippen molar-refractivity contribution in [2.75, 3.05) is 51.3 Å². The van der Waals surface area contributed by atoms with Gasteiger partial charge in [-0.15, -0.1) is 0 Å². The average Bonchev–Trinajstić information content (AvgIpc) is 2.64. The van der Waals surface area contributed by atoms with Crippen molar-refractivity contribution in [1.82, 2.24) is 14.8 Å². The van der Waals surface area contributed by atoms with Crippen molar-refractivity contribution in [3.05, 3.63) is 18.3 Å². The van der Waals surface area contributed by atoms with Gasteiger partial charge in [-0.2, -0.15) is 0 Å². The molecular weight excluding hydrogens is 344 g/mol. The summed E-state index contributed by atoms with van der Waals surface area (Å²) in [5.74, 6) is 0.624. The fraction of sp³-hybridized carbons (Fsp3) is 0.700. The van der Waals surface area contributed by atoms with Crippen LogP contribution in [0.15, 0.2) is 18.3 Å². The second-order valence-corrected chi connectivity index (χ2v) is 7.76. The number of nitrogens with zero attached hydrogens (tertiary/aromatic N) is 3. The summed E-state index contributed by atoms with van der Waals surface area (Å²) in [6.07, 6.45) is 8.18. The first-order chi connectivity index (χ1) is 13.3. The first kappa shape index (κ1) is 18.7. The maximum Gasteiger partial charge on any atom is 0.238 e. The molecule has 2 saturated heterocycles.